The summed E-state index contributed by atoms with van der Waals surface area (Å²) in [7, 11) is 2.27. The van der Waals surface area contributed by atoms with E-state index in [1.54, 1.807) is 0 Å². The zero-order valence-corrected chi connectivity index (χ0v) is 14.7. The molecule has 1 saturated carbocycles. The van der Waals surface area contributed by atoms with E-state index in [-0.39, 0.29) is 0 Å². The Balaban J connectivity index is 1.84. The number of likely N-dealkylation sites (N-methyl/N-ethyl adjacent to an activating group) is 1. The molecule has 2 aliphatic rings. The van der Waals surface area contributed by atoms with E-state index >= 15 is 0 Å². The molecule has 2 rings (SSSR count). The molecule has 0 aromatic rings. The topological polar surface area (TPSA) is 6.48 Å². The molecule has 1 heterocycles. The van der Waals surface area contributed by atoms with Gasteiger partial charge in [0.25, 0.3) is 0 Å². The lowest BCUT2D eigenvalue weighted by atomic mass is 9.92. The van der Waals surface area contributed by atoms with Gasteiger partial charge in [-0.25, -0.2) is 0 Å². The smallest absolute Gasteiger partial charge is 0.0113 e. The van der Waals surface area contributed by atoms with Crippen molar-refractivity contribution in [3.8, 4) is 0 Å². The van der Waals surface area contributed by atoms with E-state index in [1.165, 1.54) is 96.8 Å². The molecule has 0 bridgehead atoms. The van der Waals surface area contributed by atoms with Crippen molar-refractivity contribution < 1.29 is 0 Å². The highest BCUT2D eigenvalue weighted by molar-refractivity contribution is 4.79. The Morgan fingerprint density at radius 3 is 1.81 bits per heavy atom. The Morgan fingerprint density at radius 1 is 0.667 bits per heavy atom. The highest BCUT2D eigenvalue weighted by Gasteiger charge is 2.23. The minimum absolute atomic E-state index is 0.870. The molecule has 0 spiro atoms. The van der Waals surface area contributed by atoms with Gasteiger partial charge in [-0.3, -0.25) is 4.90 Å². The average Bonchev–Trinajstić information content (AvgIpc) is 2.50. The molecule has 1 unspecified atom stereocenters. The van der Waals surface area contributed by atoms with Crippen LogP contribution < -0.4 is 0 Å². The third kappa shape index (κ3) is 6.69. The molecule has 21 heavy (non-hydrogen) atoms. The van der Waals surface area contributed by atoms with Crippen LogP contribution in [0.3, 0.4) is 0 Å². The van der Waals surface area contributed by atoms with Crippen molar-refractivity contribution in [3.05, 3.63) is 0 Å². The standard InChI is InChI=1S/C19H38N2/c1-18-11-9-7-5-3-4-6-8-10-12-19(17-18)21-15-13-20(2)14-16-21/h18-19H,3-17H2,1-2H3/t18-,19?/m0/s1. The molecule has 2 heteroatoms. The molecule has 2 fully saturated rings. The van der Waals surface area contributed by atoms with Crippen molar-refractivity contribution in [2.24, 2.45) is 5.92 Å². The molecule has 124 valence electrons. The van der Waals surface area contributed by atoms with Crippen molar-refractivity contribution in [3.63, 3.8) is 0 Å². The van der Waals surface area contributed by atoms with Gasteiger partial charge in [0.05, 0.1) is 0 Å². The van der Waals surface area contributed by atoms with Crippen LogP contribution >= 0.6 is 0 Å². The molecule has 1 aliphatic heterocycles. The summed E-state index contributed by atoms with van der Waals surface area (Å²) in [5, 5.41) is 0. The Bertz CT molecular complexity index is 258. The second-order valence-electron chi connectivity index (χ2n) is 7.74. The highest BCUT2D eigenvalue weighted by Crippen LogP contribution is 2.24. The van der Waals surface area contributed by atoms with Gasteiger partial charge < -0.3 is 4.90 Å². The van der Waals surface area contributed by atoms with Crippen LogP contribution in [-0.4, -0.2) is 49.1 Å². The maximum absolute atomic E-state index is 2.82. The molecule has 0 radical (unpaired) electrons. The van der Waals surface area contributed by atoms with Gasteiger partial charge in [-0.15, -0.1) is 0 Å². The number of hydrogen-bond donors (Lipinski definition) is 0. The summed E-state index contributed by atoms with van der Waals surface area (Å²) in [5.41, 5.74) is 0. The van der Waals surface area contributed by atoms with E-state index in [0.717, 1.165) is 12.0 Å². The van der Waals surface area contributed by atoms with Gasteiger partial charge in [-0.05, 0) is 25.8 Å². The van der Waals surface area contributed by atoms with Crippen molar-refractivity contribution >= 4 is 0 Å². The fourth-order valence-corrected chi connectivity index (χ4v) is 4.15. The molecular formula is C19H38N2. The van der Waals surface area contributed by atoms with Crippen LogP contribution in [0.2, 0.25) is 0 Å². The van der Waals surface area contributed by atoms with Crippen molar-refractivity contribution in [2.75, 3.05) is 33.2 Å². The minimum atomic E-state index is 0.870. The lowest BCUT2D eigenvalue weighted by Gasteiger charge is -2.39. The fourth-order valence-electron chi connectivity index (χ4n) is 4.15. The molecule has 0 aromatic heterocycles. The number of rotatable bonds is 1. The molecule has 0 amide bonds. The van der Waals surface area contributed by atoms with E-state index in [9.17, 15) is 0 Å². The minimum Gasteiger partial charge on any atom is -0.304 e. The van der Waals surface area contributed by atoms with E-state index in [2.05, 4.69) is 23.8 Å². The summed E-state index contributed by atoms with van der Waals surface area (Å²) < 4.78 is 0. The summed E-state index contributed by atoms with van der Waals surface area (Å²) in [6, 6.07) is 0.870. The average molecular weight is 295 g/mol. The second-order valence-corrected chi connectivity index (χ2v) is 7.74. The second kappa shape index (κ2) is 9.84. The fraction of sp³-hybridized carbons (Fsp3) is 1.00. The molecule has 1 saturated heterocycles. The van der Waals surface area contributed by atoms with Crippen LogP contribution in [-0.2, 0) is 0 Å². The Kier molecular flexibility index (Phi) is 8.10. The zero-order valence-electron chi connectivity index (χ0n) is 14.7. The summed E-state index contributed by atoms with van der Waals surface area (Å²) in [6.07, 6.45) is 16.2. The van der Waals surface area contributed by atoms with Crippen LogP contribution in [0.25, 0.3) is 0 Å². The van der Waals surface area contributed by atoms with E-state index in [0.29, 0.717) is 0 Å². The first-order chi connectivity index (χ1) is 10.3. The third-order valence-electron chi connectivity index (χ3n) is 5.71. The first-order valence-electron chi connectivity index (χ1n) is 9.68. The first-order valence-corrected chi connectivity index (χ1v) is 9.68. The molecular weight excluding hydrogens is 256 g/mol. The summed E-state index contributed by atoms with van der Waals surface area (Å²) >= 11 is 0. The predicted molar refractivity (Wildman–Crippen MR) is 92.8 cm³/mol. The molecule has 0 N–H and O–H groups in total. The van der Waals surface area contributed by atoms with Gasteiger partial charge >= 0.3 is 0 Å². The van der Waals surface area contributed by atoms with Crippen LogP contribution in [0.5, 0.6) is 0 Å². The van der Waals surface area contributed by atoms with E-state index in [1.807, 2.05) is 0 Å². The summed E-state index contributed by atoms with van der Waals surface area (Å²) in [4.78, 5) is 5.30. The summed E-state index contributed by atoms with van der Waals surface area (Å²) in [6.45, 7) is 7.64. The predicted octanol–water partition coefficient (Wildman–Crippen LogP) is 4.54. The quantitative estimate of drug-likeness (QED) is 0.700. The van der Waals surface area contributed by atoms with Gasteiger partial charge in [0.1, 0.15) is 0 Å². The lowest BCUT2D eigenvalue weighted by Crippen LogP contribution is -2.49. The Morgan fingerprint density at radius 2 is 1.19 bits per heavy atom. The largest absolute Gasteiger partial charge is 0.304 e. The lowest BCUT2D eigenvalue weighted by molar-refractivity contribution is 0.0917. The van der Waals surface area contributed by atoms with E-state index in [4.69, 9.17) is 0 Å². The zero-order chi connectivity index (χ0) is 14.9. The van der Waals surface area contributed by atoms with E-state index < -0.39 is 0 Å². The van der Waals surface area contributed by atoms with Gasteiger partial charge in [-0.1, -0.05) is 64.7 Å². The van der Waals surface area contributed by atoms with Crippen LogP contribution in [0.15, 0.2) is 0 Å². The maximum Gasteiger partial charge on any atom is 0.0113 e. The first kappa shape index (κ1) is 17.3. The third-order valence-corrected chi connectivity index (χ3v) is 5.71. The van der Waals surface area contributed by atoms with Crippen molar-refractivity contribution in [2.45, 2.75) is 83.6 Å². The normalized spacial score (nSPS) is 32.9. The number of hydrogen-bond acceptors (Lipinski definition) is 2. The Labute approximate surface area is 133 Å². The summed E-state index contributed by atoms with van der Waals surface area (Å²) in [5.74, 6) is 0.926. The van der Waals surface area contributed by atoms with Crippen molar-refractivity contribution in [1.29, 1.82) is 0 Å². The van der Waals surface area contributed by atoms with Crippen LogP contribution in [0, 0.1) is 5.92 Å². The van der Waals surface area contributed by atoms with Crippen LogP contribution in [0.1, 0.15) is 77.6 Å². The number of piperazine rings is 1. The monoisotopic (exact) mass is 294 g/mol. The van der Waals surface area contributed by atoms with Crippen LogP contribution in [0.4, 0.5) is 0 Å². The van der Waals surface area contributed by atoms with Gasteiger partial charge in [0.15, 0.2) is 0 Å². The maximum atomic E-state index is 2.82. The van der Waals surface area contributed by atoms with Gasteiger partial charge in [0.2, 0.25) is 0 Å². The molecule has 1 aliphatic carbocycles. The SMILES string of the molecule is C[C@H]1CCCCCCCCCCC(N2CCN(C)CC2)C1. The van der Waals surface area contributed by atoms with Gasteiger partial charge in [0, 0.05) is 32.2 Å². The highest BCUT2D eigenvalue weighted by atomic mass is 15.3. The van der Waals surface area contributed by atoms with Crippen molar-refractivity contribution in [1.82, 2.24) is 9.80 Å². The Hall–Kier alpha value is -0.0800. The molecule has 0 aromatic carbocycles. The van der Waals surface area contributed by atoms with Gasteiger partial charge in [-0.2, -0.15) is 0 Å². The molecule has 2 nitrogen and oxygen atoms in total. The molecule has 2 atom stereocenters. The number of nitrogens with zero attached hydrogens (tertiary/aromatic N) is 2.